The molecule has 0 aromatic rings. The van der Waals surface area contributed by atoms with Crippen LogP contribution in [-0.4, -0.2) is 30.5 Å². The summed E-state index contributed by atoms with van der Waals surface area (Å²) in [5.41, 5.74) is 6.21. The molecule has 1 aliphatic carbocycles. The average molecular weight is 229 g/mol. The Balaban J connectivity index is 2.31. The van der Waals surface area contributed by atoms with Crippen LogP contribution in [0, 0.1) is 11.3 Å². The summed E-state index contributed by atoms with van der Waals surface area (Å²) < 4.78 is 5.87. The molecule has 16 heavy (non-hydrogen) atoms. The van der Waals surface area contributed by atoms with Crippen molar-refractivity contribution >= 4 is 0 Å². The molecule has 3 nitrogen and oxygen atoms in total. The van der Waals surface area contributed by atoms with Crippen LogP contribution < -0.4 is 5.73 Å². The summed E-state index contributed by atoms with van der Waals surface area (Å²) in [4.78, 5) is 0. The fourth-order valence-corrected chi connectivity index (χ4v) is 2.89. The molecule has 0 radical (unpaired) electrons. The zero-order valence-electron chi connectivity index (χ0n) is 10.9. The Kier molecular flexibility index (Phi) is 5.22. The van der Waals surface area contributed by atoms with Gasteiger partial charge in [0.1, 0.15) is 0 Å². The van der Waals surface area contributed by atoms with E-state index in [1.807, 2.05) is 0 Å². The zero-order chi connectivity index (χ0) is 12.2. The first-order valence-electron chi connectivity index (χ1n) is 6.41. The van der Waals surface area contributed by atoms with Crippen LogP contribution in [-0.2, 0) is 4.74 Å². The van der Waals surface area contributed by atoms with E-state index in [1.165, 1.54) is 6.42 Å². The van der Waals surface area contributed by atoms with Gasteiger partial charge in [0.25, 0.3) is 0 Å². The van der Waals surface area contributed by atoms with Gasteiger partial charge in [0.05, 0.1) is 12.7 Å². The third kappa shape index (κ3) is 4.81. The van der Waals surface area contributed by atoms with Crippen LogP contribution in [0.2, 0.25) is 0 Å². The number of ether oxygens (including phenoxy) is 1. The molecule has 1 rings (SSSR count). The minimum atomic E-state index is -0.0228. The highest BCUT2D eigenvalue weighted by molar-refractivity contribution is 4.83. The van der Waals surface area contributed by atoms with E-state index in [0.717, 1.165) is 18.8 Å². The molecule has 0 heterocycles. The normalized spacial score (nSPS) is 31.3. The highest BCUT2D eigenvalue weighted by Crippen LogP contribution is 2.39. The van der Waals surface area contributed by atoms with Gasteiger partial charge >= 0.3 is 0 Å². The van der Waals surface area contributed by atoms with Gasteiger partial charge in [0.15, 0.2) is 0 Å². The second-order valence-electron chi connectivity index (χ2n) is 6.14. The lowest BCUT2D eigenvalue weighted by Gasteiger charge is -2.39. The number of rotatable bonds is 5. The van der Waals surface area contributed by atoms with Gasteiger partial charge < -0.3 is 15.6 Å². The van der Waals surface area contributed by atoms with E-state index in [2.05, 4.69) is 20.8 Å². The second-order valence-corrected chi connectivity index (χ2v) is 6.14. The third-order valence-electron chi connectivity index (χ3n) is 3.39. The molecule has 3 unspecified atom stereocenters. The van der Waals surface area contributed by atoms with Gasteiger partial charge in [-0.1, -0.05) is 20.8 Å². The summed E-state index contributed by atoms with van der Waals surface area (Å²) >= 11 is 0. The molecule has 3 heteroatoms. The summed E-state index contributed by atoms with van der Waals surface area (Å²) in [6, 6.07) is -0.0228. The van der Waals surface area contributed by atoms with Crippen molar-refractivity contribution in [2.75, 3.05) is 13.2 Å². The fraction of sp³-hybridized carbons (Fsp3) is 1.00. The molecule has 0 aromatic carbocycles. The van der Waals surface area contributed by atoms with Gasteiger partial charge in [-0.2, -0.15) is 0 Å². The highest BCUT2D eigenvalue weighted by Gasteiger charge is 2.32. The molecule has 0 saturated heterocycles. The van der Waals surface area contributed by atoms with E-state index in [9.17, 15) is 0 Å². The summed E-state index contributed by atoms with van der Waals surface area (Å²) in [7, 11) is 0. The van der Waals surface area contributed by atoms with Gasteiger partial charge in [-0.05, 0) is 37.0 Å². The smallest absolute Gasteiger partial charge is 0.0622 e. The van der Waals surface area contributed by atoms with Gasteiger partial charge in [-0.15, -0.1) is 0 Å². The largest absolute Gasteiger partial charge is 0.396 e. The minimum absolute atomic E-state index is 0.0228. The predicted octanol–water partition coefficient (Wildman–Crippen LogP) is 1.93. The number of hydrogen-bond acceptors (Lipinski definition) is 3. The molecule has 1 aliphatic rings. The molecular formula is C13H27NO2. The Morgan fingerprint density at radius 3 is 2.69 bits per heavy atom. The average Bonchev–Trinajstić information content (AvgIpc) is 2.12. The molecule has 3 atom stereocenters. The van der Waals surface area contributed by atoms with Crippen molar-refractivity contribution in [2.24, 2.45) is 17.1 Å². The lowest BCUT2D eigenvalue weighted by molar-refractivity contribution is -0.0291. The van der Waals surface area contributed by atoms with E-state index in [4.69, 9.17) is 15.6 Å². The monoisotopic (exact) mass is 229 g/mol. The van der Waals surface area contributed by atoms with Crippen molar-refractivity contribution < 1.29 is 9.84 Å². The standard InChI is InChI=1S/C13H27NO2/c1-10-6-12(8-13(2,3)7-10)16-9-11(14)4-5-15/h10-12,15H,4-9,14H2,1-3H3. The number of aliphatic hydroxyl groups excluding tert-OH is 1. The second kappa shape index (κ2) is 5.99. The van der Waals surface area contributed by atoms with Crippen molar-refractivity contribution in [3.8, 4) is 0 Å². The molecule has 0 aromatic heterocycles. The van der Waals surface area contributed by atoms with Crippen molar-refractivity contribution in [1.29, 1.82) is 0 Å². The van der Waals surface area contributed by atoms with Crippen molar-refractivity contribution in [1.82, 2.24) is 0 Å². The third-order valence-corrected chi connectivity index (χ3v) is 3.39. The number of nitrogens with two attached hydrogens (primary N) is 1. The SMILES string of the molecule is CC1CC(OCC(N)CCO)CC(C)(C)C1. The van der Waals surface area contributed by atoms with Crippen LogP contribution in [0.25, 0.3) is 0 Å². The Morgan fingerprint density at radius 1 is 1.44 bits per heavy atom. The van der Waals surface area contributed by atoms with Gasteiger partial charge in [-0.25, -0.2) is 0 Å². The molecule has 0 aliphatic heterocycles. The first-order valence-corrected chi connectivity index (χ1v) is 6.41. The fourth-order valence-electron chi connectivity index (χ4n) is 2.89. The molecular weight excluding hydrogens is 202 g/mol. The summed E-state index contributed by atoms with van der Waals surface area (Å²) in [5, 5.41) is 8.76. The Bertz CT molecular complexity index is 206. The molecule has 0 amide bonds. The zero-order valence-corrected chi connectivity index (χ0v) is 10.9. The summed E-state index contributed by atoms with van der Waals surface area (Å²) in [6.45, 7) is 7.65. The quantitative estimate of drug-likeness (QED) is 0.757. The van der Waals surface area contributed by atoms with Crippen molar-refractivity contribution in [2.45, 2.75) is 58.6 Å². The van der Waals surface area contributed by atoms with Gasteiger partial charge in [-0.3, -0.25) is 0 Å². The maximum atomic E-state index is 8.76. The maximum absolute atomic E-state index is 8.76. The number of hydrogen-bond donors (Lipinski definition) is 2. The lowest BCUT2D eigenvalue weighted by atomic mass is 9.71. The van der Waals surface area contributed by atoms with Crippen LogP contribution >= 0.6 is 0 Å². The van der Waals surface area contributed by atoms with Crippen LogP contribution in [0.3, 0.4) is 0 Å². The highest BCUT2D eigenvalue weighted by atomic mass is 16.5. The topological polar surface area (TPSA) is 55.5 Å². The summed E-state index contributed by atoms with van der Waals surface area (Å²) in [6.07, 6.45) is 4.54. The maximum Gasteiger partial charge on any atom is 0.0622 e. The van der Waals surface area contributed by atoms with Crippen LogP contribution in [0.1, 0.15) is 46.5 Å². The predicted molar refractivity (Wildman–Crippen MR) is 66.2 cm³/mol. The Morgan fingerprint density at radius 2 is 2.12 bits per heavy atom. The Hall–Kier alpha value is -0.120. The lowest BCUT2D eigenvalue weighted by Crippen LogP contribution is -2.36. The Labute approximate surface area is 99.4 Å². The molecule has 0 spiro atoms. The van der Waals surface area contributed by atoms with Crippen LogP contribution in [0.5, 0.6) is 0 Å². The van der Waals surface area contributed by atoms with Gasteiger partial charge in [0.2, 0.25) is 0 Å². The van der Waals surface area contributed by atoms with Crippen molar-refractivity contribution in [3.63, 3.8) is 0 Å². The van der Waals surface area contributed by atoms with E-state index >= 15 is 0 Å². The van der Waals surface area contributed by atoms with Crippen LogP contribution in [0.4, 0.5) is 0 Å². The van der Waals surface area contributed by atoms with E-state index in [0.29, 0.717) is 24.5 Å². The molecule has 3 N–H and O–H groups in total. The van der Waals surface area contributed by atoms with E-state index < -0.39 is 0 Å². The molecule has 96 valence electrons. The molecule has 0 bridgehead atoms. The summed E-state index contributed by atoms with van der Waals surface area (Å²) in [5.74, 6) is 0.739. The first-order chi connectivity index (χ1) is 7.43. The number of aliphatic hydroxyl groups is 1. The van der Waals surface area contributed by atoms with Gasteiger partial charge in [0, 0.05) is 12.6 Å². The van der Waals surface area contributed by atoms with Crippen LogP contribution in [0.15, 0.2) is 0 Å². The van der Waals surface area contributed by atoms with Crippen molar-refractivity contribution in [3.05, 3.63) is 0 Å². The molecule has 1 fully saturated rings. The van der Waals surface area contributed by atoms with E-state index in [-0.39, 0.29) is 12.6 Å². The van der Waals surface area contributed by atoms with E-state index in [1.54, 1.807) is 0 Å². The first kappa shape index (κ1) is 13.9. The molecule has 1 saturated carbocycles. The minimum Gasteiger partial charge on any atom is -0.396 e.